The van der Waals surface area contributed by atoms with Crippen molar-refractivity contribution in [1.29, 1.82) is 0 Å². The molecule has 1 saturated carbocycles. The van der Waals surface area contributed by atoms with Gasteiger partial charge in [0.05, 0.1) is 12.8 Å². The van der Waals surface area contributed by atoms with Gasteiger partial charge in [-0.05, 0) is 67.8 Å². The van der Waals surface area contributed by atoms with Crippen molar-refractivity contribution in [2.45, 2.75) is 25.8 Å². The number of carbonyl (C=O) groups is 2. The Morgan fingerprint density at radius 2 is 1.67 bits per heavy atom. The smallest absolute Gasteiger partial charge is 0.254 e. The second-order valence-electron chi connectivity index (χ2n) is 9.35. The Labute approximate surface area is 211 Å². The Hall–Kier alpha value is -3.94. The summed E-state index contributed by atoms with van der Waals surface area (Å²) in [7, 11) is 1.64. The number of rotatable bonds is 7. The SMILES string of the molecule is COc1ccc(-c2ccc(N3CCN(C(=O)CN(C(=O)c4ccccc4C)C4CC4)CC3)nn2)cc1. The summed E-state index contributed by atoms with van der Waals surface area (Å²) in [6.07, 6.45) is 1.92. The molecule has 0 spiro atoms. The summed E-state index contributed by atoms with van der Waals surface area (Å²) in [5.74, 6) is 1.56. The van der Waals surface area contributed by atoms with E-state index in [-0.39, 0.29) is 24.4 Å². The topological polar surface area (TPSA) is 78.9 Å². The number of nitrogens with zero attached hydrogens (tertiary/aromatic N) is 5. The highest BCUT2D eigenvalue weighted by Gasteiger charge is 2.36. The molecule has 0 atom stereocenters. The maximum atomic E-state index is 13.2. The van der Waals surface area contributed by atoms with Gasteiger partial charge in [0.25, 0.3) is 5.91 Å². The Morgan fingerprint density at radius 1 is 0.944 bits per heavy atom. The van der Waals surface area contributed by atoms with E-state index in [1.807, 2.05) is 72.5 Å². The Bertz CT molecular complexity index is 1220. The lowest BCUT2D eigenvalue weighted by Crippen LogP contribution is -2.52. The van der Waals surface area contributed by atoms with Crippen LogP contribution in [0.3, 0.4) is 0 Å². The zero-order valence-corrected chi connectivity index (χ0v) is 20.8. The van der Waals surface area contributed by atoms with E-state index < -0.39 is 0 Å². The molecular weight excluding hydrogens is 454 g/mol. The van der Waals surface area contributed by atoms with Gasteiger partial charge in [-0.25, -0.2) is 0 Å². The first kappa shape index (κ1) is 23.8. The zero-order valence-electron chi connectivity index (χ0n) is 20.8. The molecule has 8 heteroatoms. The van der Waals surface area contributed by atoms with Gasteiger partial charge in [-0.3, -0.25) is 9.59 Å². The van der Waals surface area contributed by atoms with Gasteiger partial charge in [0.2, 0.25) is 5.91 Å². The number of ether oxygens (including phenoxy) is 1. The first-order valence-electron chi connectivity index (χ1n) is 12.4. The third-order valence-electron chi connectivity index (χ3n) is 6.92. The maximum Gasteiger partial charge on any atom is 0.254 e. The highest BCUT2D eigenvalue weighted by Crippen LogP contribution is 2.29. The largest absolute Gasteiger partial charge is 0.497 e. The van der Waals surface area contributed by atoms with Crippen LogP contribution in [0.4, 0.5) is 5.82 Å². The van der Waals surface area contributed by atoms with Gasteiger partial charge in [-0.2, -0.15) is 0 Å². The molecule has 3 aromatic rings. The molecule has 2 amide bonds. The summed E-state index contributed by atoms with van der Waals surface area (Å²) in [5.41, 5.74) is 3.39. The van der Waals surface area contributed by atoms with Crippen LogP contribution in [0, 0.1) is 6.92 Å². The monoisotopic (exact) mass is 485 g/mol. The number of methoxy groups -OCH3 is 1. The van der Waals surface area contributed by atoms with E-state index in [1.165, 1.54) is 0 Å². The summed E-state index contributed by atoms with van der Waals surface area (Å²) < 4.78 is 5.21. The molecule has 0 unspecified atom stereocenters. The molecule has 8 nitrogen and oxygen atoms in total. The second kappa shape index (κ2) is 10.4. The van der Waals surface area contributed by atoms with Gasteiger partial charge in [0.1, 0.15) is 12.3 Å². The summed E-state index contributed by atoms with van der Waals surface area (Å²) in [5, 5.41) is 8.82. The summed E-state index contributed by atoms with van der Waals surface area (Å²) in [6, 6.07) is 19.4. The number of aryl methyl sites for hydroxylation is 1. The number of amides is 2. The minimum Gasteiger partial charge on any atom is -0.497 e. The van der Waals surface area contributed by atoms with Crippen molar-refractivity contribution in [2.75, 3.05) is 44.7 Å². The Balaban J connectivity index is 1.17. The van der Waals surface area contributed by atoms with Crippen LogP contribution in [0.2, 0.25) is 0 Å². The lowest BCUT2D eigenvalue weighted by Gasteiger charge is -2.36. The van der Waals surface area contributed by atoms with Gasteiger partial charge in [0, 0.05) is 43.3 Å². The third-order valence-corrected chi connectivity index (χ3v) is 6.92. The van der Waals surface area contributed by atoms with Crippen molar-refractivity contribution in [2.24, 2.45) is 0 Å². The molecule has 0 bridgehead atoms. The van der Waals surface area contributed by atoms with Crippen molar-refractivity contribution in [1.82, 2.24) is 20.0 Å². The highest BCUT2D eigenvalue weighted by atomic mass is 16.5. The van der Waals surface area contributed by atoms with E-state index in [2.05, 4.69) is 15.1 Å². The molecule has 0 radical (unpaired) electrons. The Morgan fingerprint density at radius 3 is 2.28 bits per heavy atom. The first-order chi connectivity index (χ1) is 17.5. The van der Waals surface area contributed by atoms with Crippen LogP contribution in [0.5, 0.6) is 5.75 Å². The van der Waals surface area contributed by atoms with E-state index in [0.29, 0.717) is 31.7 Å². The van der Waals surface area contributed by atoms with Crippen LogP contribution in [-0.4, -0.2) is 77.7 Å². The molecule has 1 aliphatic heterocycles. The Kier molecular flexibility index (Phi) is 6.84. The standard InChI is InChI=1S/C28H31N5O3/c1-20-5-3-4-6-24(20)28(35)33(22-9-10-22)19-27(34)32-17-15-31(16-18-32)26-14-13-25(29-30-26)21-7-11-23(36-2)12-8-21/h3-8,11-14,22H,9-10,15-19H2,1-2H3. The molecule has 2 fully saturated rings. The highest BCUT2D eigenvalue weighted by molar-refractivity contribution is 5.98. The lowest BCUT2D eigenvalue weighted by atomic mass is 10.1. The van der Waals surface area contributed by atoms with Crippen LogP contribution in [-0.2, 0) is 4.79 Å². The van der Waals surface area contributed by atoms with Crippen LogP contribution in [0.15, 0.2) is 60.7 Å². The van der Waals surface area contributed by atoms with Crippen LogP contribution < -0.4 is 9.64 Å². The number of hydrogen-bond donors (Lipinski definition) is 0. The minimum atomic E-state index is -0.0465. The van der Waals surface area contributed by atoms with Crippen molar-refractivity contribution < 1.29 is 14.3 Å². The van der Waals surface area contributed by atoms with Gasteiger partial charge in [-0.15, -0.1) is 10.2 Å². The van der Waals surface area contributed by atoms with E-state index in [1.54, 1.807) is 12.0 Å². The van der Waals surface area contributed by atoms with Gasteiger partial charge < -0.3 is 19.4 Å². The molecule has 5 rings (SSSR count). The lowest BCUT2D eigenvalue weighted by molar-refractivity contribution is -0.132. The average molecular weight is 486 g/mol. The number of anilines is 1. The maximum absolute atomic E-state index is 13.2. The van der Waals surface area contributed by atoms with Crippen molar-refractivity contribution in [3.05, 3.63) is 71.8 Å². The summed E-state index contributed by atoms with van der Waals surface area (Å²) in [6.45, 7) is 4.62. The van der Waals surface area contributed by atoms with Crippen molar-refractivity contribution in [3.63, 3.8) is 0 Å². The molecule has 2 aliphatic rings. The van der Waals surface area contributed by atoms with Crippen molar-refractivity contribution in [3.8, 4) is 17.0 Å². The predicted octanol–water partition coefficient (Wildman–Crippen LogP) is 3.41. The molecular formula is C28H31N5O3. The molecule has 1 saturated heterocycles. The van der Waals surface area contributed by atoms with Gasteiger partial charge >= 0.3 is 0 Å². The van der Waals surface area contributed by atoms with Crippen molar-refractivity contribution >= 4 is 17.6 Å². The van der Waals surface area contributed by atoms with Crippen LogP contribution >= 0.6 is 0 Å². The fourth-order valence-corrected chi connectivity index (χ4v) is 4.56. The van der Waals surface area contributed by atoms with E-state index in [9.17, 15) is 9.59 Å². The zero-order chi connectivity index (χ0) is 25.1. The number of piperazine rings is 1. The number of hydrogen-bond acceptors (Lipinski definition) is 6. The van der Waals surface area contributed by atoms with E-state index in [4.69, 9.17) is 4.74 Å². The molecule has 0 N–H and O–H groups in total. The second-order valence-corrected chi connectivity index (χ2v) is 9.35. The quantitative estimate of drug-likeness (QED) is 0.510. The van der Waals surface area contributed by atoms with E-state index in [0.717, 1.165) is 41.2 Å². The van der Waals surface area contributed by atoms with Gasteiger partial charge in [0.15, 0.2) is 5.82 Å². The van der Waals surface area contributed by atoms with Gasteiger partial charge in [-0.1, -0.05) is 18.2 Å². The van der Waals surface area contributed by atoms with Crippen LogP contribution in [0.25, 0.3) is 11.3 Å². The summed E-state index contributed by atoms with van der Waals surface area (Å²) in [4.78, 5) is 32.1. The third kappa shape index (κ3) is 5.17. The average Bonchev–Trinajstić information content (AvgIpc) is 3.77. The first-order valence-corrected chi connectivity index (χ1v) is 12.4. The normalized spacial score (nSPS) is 15.5. The number of carbonyl (C=O) groups excluding carboxylic acids is 2. The summed E-state index contributed by atoms with van der Waals surface area (Å²) >= 11 is 0. The molecule has 1 aromatic heterocycles. The molecule has 186 valence electrons. The molecule has 2 aromatic carbocycles. The fourth-order valence-electron chi connectivity index (χ4n) is 4.56. The molecule has 2 heterocycles. The fraction of sp³-hybridized carbons (Fsp3) is 0.357. The van der Waals surface area contributed by atoms with E-state index >= 15 is 0 Å². The number of aromatic nitrogens is 2. The molecule has 1 aliphatic carbocycles. The minimum absolute atomic E-state index is 0.00409. The molecule has 36 heavy (non-hydrogen) atoms. The number of benzene rings is 2. The predicted molar refractivity (Wildman–Crippen MR) is 138 cm³/mol. The van der Waals surface area contributed by atoms with Crippen LogP contribution in [0.1, 0.15) is 28.8 Å².